The molecule has 1 heterocycles. The van der Waals surface area contributed by atoms with Crippen LogP contribution in [0.1, 0.15) is 23.7 Å². The summed E-state index contributed by atoms with van der Waals surface area (Å²) >= 11 is 0. The molecule has 1 atom stereocenters. The second-order valence-electron chi connectivity index (χ2n) is 4.81. The van der Waals surface area contributed by atoms with E-state index in [0.29, 0.717) is 17.8 Å². The van der Waals surface area contributed by atoms with Crippen LogP contribution in [0, 0.1) is 5.92 Å². The number of esters is 1. The molecular weight excluding hydrogens is 272 g/mol. The molecule has 0 saturated carbocycles. The molecule has 6 heteroatoms. The van der Waals surface area contributed by atoms with Gasteiger partial charge >= 0.3 is 5.97 Å². The topological polar surface area (TPSA) is 75.7 Å². The van der Waals surface area contributed by atoms with Gasteiger partial charge in [-0.1, -0.05) is 12.1 Å². The number of rotatable bonds is 4. The molecule has 2 rings (SSSR count). The van der Waals surface area contributed by atoms with Gasteiger partial charge in [-0.25, -0.2) is 0 Å². The summed E-state index contributed by atoms with van der Waals surface area (Å²) < 4.78 is 4.69. The van der Waals surface area contributed by atoms with Crippen molar-refractivity contribution in [3.63, 3.8) is 0 Å². The molecule has 1 fully saturated rings. The van der Waals surface area contributed by atoms with E-state index in [0.717, 1.165) is 0 Å². The summed E-state index contributed by atoms with van der Waals surface area (Å²) in [7, 11) is 1.30. The highest BCUT2D eigenvalue weighted by Crippen LogP contribution is 2.28. The first-order valence-electron chi connectivity index (χ1n) is 6.83. The minimum Gasteiger partial charge on any atom is -0.469 e. The maximum Gasteiger partial charge on any atom is 0.311 e. The van der Waals surface area contributed by atoms with Gasteiger partial charge in [0.1, 0.15) is 0 Å². The lowest BCUT2D eigenvalue weighted by Gasteiger charge is -2.19. The van der Waals surface area contributed by atoms with Crippen LogP contribution in [-0.4, -0.2) is 38.0 Å². The molecule has 1 aliphatic rings. The average Bonchev–Trinajstić information content (AvgIpc) is 2.88. The third-order valence-electron chi connectivity index (χ3n) is 3.44. The van der Waals surface area contributed by atoms with Gasteiger partial charge in [-0.15, -0.1) is 0 Å². The third kappa shape index (κ3) is 3.04. The Hall–Kier alpha value is -2.37. The molecule has 1 saturated heterocycles. The first-order valence-corrected chi connectivity index (χ1v) is 6.83. The lowest BCUT2D eigenvalue weighted by molar-refractivity contribution is -0.145. The predicted molar refractivity (Wildman–Crippen MR) is 76.9 cm³/mol. The zero-order valence-corrected chi connectivity index (χ0v) is 12.1. The van der Waals surface area contributed by atoms with Crippen LogP contribution in [0.4, 0.5) is 5.69 Å². The minimum absolute atomic E-state index is 0.108. The average molecular weight is 290 g/mol. The Morgan fingerprint density at radius 3 is 2.76 bits per heavy atom. The van der Waals surface area contributed by atoms with Crippen LogP contribution < -0.4 is 10.2 Å². The van der Waals surface area contributed by atoms with Gasteiger partial charge in [0.2, 0.25) is 5.91 Å². The minimum atomic E-state index is -0.482. The molecule has 0 bridgehead atoms. The molecule has 0 spiro atoms. The summed E-state index contributed by atoms with van der Waals surface area (Å²) in [5.74, 6) is -1.30. The van der Waals surface area contributed by atoms with Crippen molar-refractivity contribution in [3.05, 3.63) is 29.8 Å². The molecule has 1 unspecified atom stereocenters. The van der Waals surface area contributed by atoms with E-state index in [-0.39, 0.29) is 24.8 Å². The highest BCUT2D eigenvalue weighted by molar-refractivity contribution is 6.06. The second-order valence-corrected chi connectivity index (χ2v) is 4.81. The zero-order chi connectivity index (χ0) is 15.4. The molecule has 1 aromatic rings. The number of para-hydroxylation sites is 1. The van der Waals surface area contributed by atoms with Crippen LogP contribution in [0.25, 0.3) is 0 Å². The van der Waals surface area contributed by atoms with E-state index in [9.17, 15) is 14.4 Å². The fourth-order valence-corrected chi connectivity index (χ4v) is 2.42. The smallest absolute Gasteiger partial charge is 0.311 e. The van der Waals surface area contributed by atoms with Crippen molar-refractivity contribution >= 4 is 23.5 Å². The van der Waals surface area contributed by atoms with E-state index in [1.807, 2.05) is 6.92 Å². The number of benzene rings is 1. The molecule has 112 valence electrons. The van der Waals surface area contributed by atoms with Crippen LogP contribution in [-0.2, 0) is 14.3 Å². The summed E-state index contributed by atoms with van der Waals surface area (Å²) in [5.41, 5.74) is 0.957. The Morgan fingerprint density at radius 2 is 2.10 bits per heavy atom. The van der Waals surface area contributed by atoms with Crippen molar-refractivity contribution in [1.29, 1.82) is 0 Å². The number of nitrogens with one attached hydrogen (secondary N) is 1. The van der Waals surface area contributed by atoms with E-state index >= 15 is 0 Å². The van der Waals surface area contributed by atoms with Crippen LogP contribution in [0.2, 0.25) is 0 Å². The molecule has 0 aromatic heterocycles. The largest absolute Gasteiger partial charge is 0.469 e. The Bertz CT molecular complexity index is 571. The van der Waals surface area contributed by atoms with E-state index in [2.05, 4.69) is 10.1 Å². The van der Waals surface area contributed by atoms with E-state index in [4.69, 9.17) is 0 Å². The van der Waals surface area contributed by atoms with Crippen molar-refractivity contribution < 1.29 is 19.1 Å². The molecule has 0 radical (unpaired) electrons. The number of amides is 2. The van der Waals surface area contributed by atoms with Gasteiger partial charge in [-0.3, -0.25) is 14.4 Å². The molecule has 1 aliphatic heterocycles. The van der Waals surface area contributed by atoms with E-state index in [1.54, 1.807) is 24.3 Å². The van der Waals surface area contributed by atoms with E-state index in [1.165, 1.54) is 12.0 Å². The highest BCUT2D eigenvalue weighted by atomic mass is 16.5. The predicted octanol–water partition coefficient (Wildman–Crippen LogP) is 0.962. The maximum absolute atomic E-state index is 12.1. The standard InChI is InChI=1S/C15H18N2O4/c1-3-16-14(19)11-6-4-5-7-12(11)17-9-10(8-13(17)18)15(20)21-2/h4-7,10H,3,8-9H2,1-2H3,(H,16,19). The number of carbonyl (C=O) groups is 3. The van der Waals surface area contributed by atoms with Gasteiger partial charge in [-0.05, 0) is 19.1 Å². The normalized spacial score (nSPS) is 17.7. The number of ether oxygens (including phenoxy) is 1. The first-order chi connectivity index (χ1) is 10.1. The second kappa shape index (κ2) is 6.39. The van der Waals surface area contributed by atoms with E-state index < -0.39 is 11.9 Å². The number of nitrogens with zero attached hydrogens (tertiary/aromatic N) is 1. The van der Waals surface area contributed by atoms with Gasteiger partial charge in [0.15, 0.2) is 0 Å². The van der Waals surface area contributed by atoms with Gasteiger partial charge in [0.05, 0.1) is 24.3 Å². The molecule has 21 heavy (non-hydrogen) atoms. The molecule has 1 N–H and O–H groups in total. The van der Waals surface area contributed by atoms with Crippen LogP contribution in [0.15, 0.2) is 24.3 Å². The molecule has 0 aliphatic carbocycles. The Labute approximate surface area is 123 Å². The SMILES string of the molecule is CCNC(=O)c1ccccc1N1CC(C(=O)OC)CC1=O. The van der Waals surface area contributed by atoms with Crippen LogP contribution >= 0.6 is 0 Å². The fraction of sp³-hybridized carbons (Fsp3) is 0.400. The number of hydrogen-bond acceptors (Lipinski definition) is 4. The summed E-state index contributed by atoms with van der Waals surface area (Å²) in [6, 6.07) is 6.88. The fourth-order valence-electron chi connectivity index (χ4n) is 2.42. The highest BCUT2D eigenvalue weighted by Gasteiger charge is 2.37. The van der Waals surface area contributed by atoms with Crippen LogP contribution in [0.3, 0.4) is 0 Å². The van der Waals surface area contributed by atoms with Crippen molar-refractivity contribution in [2.45, 2.75) is 13.3 Å². The molecule has 6 nitrogen and oxygen atoms in total. The number of methoxy groups -OCH3 is 1. The Balaban J connectivity index is 2.28. The van der Waals surface area contributed by atoms with Gasteiger partial charge in [0.25, 0.3) is 5.91 Å². The lowest BCUT2D eigenvalue weighted by atomic mass is 10.1. The molecular formula is C15H18N2O4. The van der Waals surface area contributed by atoms with Crippen molar-refractivity contribution in [2.75, 3.05) is 25.1 Å². The summed E-state index contributed by atoms with van der Waals surface area (Å²) in [4.78, 5) is 37.2. The monoisotopic (exact) mass is 290 g/mol. The summed E-state index contributed by atoms with van der Waals surface area (Å²) in [5, 5.41) is 2.72. The van der Waals surface area contributed by atoms with Gasteiger partial charge < -0.3 is 15.0 Å². The Morgan fingerprint density at radius 1 is 1.38 bits per heavy atom. The zero-order valence-electron chi connectivity index (χ0n) is 12.1. The summed E-state index contributed by atoms with van der Waals surface area (Å²) in [6.07, 6.45) is 0.108. The van der Waals surface area contributed by atoms with Gasteiger partial charge in [-0.2, -0.15) is 0 Å². The number of carbonyl (C=O) groups excluding carboxylic acids is 3. The first kappa shape index (κ1) is 15.0. The van der Waals surface area contributed by atoms with Gasteiger partial charge in [0, 0.05) is 19.5 Å². The number of hydrogen-bond donors (Lipinski definition) is 1. The summed E-state index contributed by atoms with van der Waals surface area (Å²) in [6.45, 7) is 2.57. The van der Waals surface area contributed by atoms with Crippen molar-refractivity contribution in [3.8, 4) is 0 Å². The quantitative estimate of drug-likeness (QED) is 0.838. The van der Waals surface area contributed by atoms with Crippen molar-refractivity contribution in [1.82, 2.24) is 5.32 Å². The third-order valence-corrected chi connectivity index (χ3v) is 3.44. The molecule has 2 amide bonds. The molecule has 1 aromatic carbocycles. The lowest BCUT2D eigenvalue weighted by Crippen LogP contribution is -2.30. The Kier molecular flexibility index (Phi) is 4.57. The maximum atomic E-state index is 12.1. The van der Waals surface area contributed by atoms with Crippen LogP contribution in [0.5, 0.6) is 0 Å². The number of anilines is 1. The van der Waals surface area contributed by atoms with Crippen molar-refractivity contribution in [2.24, 2.45) is 5.92 Å².